The highest BCUT2D eigenvalue weighted by molar-refractivity contribution is 8.05. The molecule has 0 amide bonds. The largest absolute Gasteiger partial charge is 0.309 e. The van der Waals surface area contributed by atoms with Gasteiger partial charge in [-0.1, -0.05) is 134 Å². The van der Waals surface area contributed by atoms with Crippen molar-refractivity contribution in [2.45, 2.75) is 38.8 Å². The Balaban J connectivity index is 1.02. The number of benzene rings is 9. The maximum absolute atomic E-state index is 2.55. The van der Waals surface area contributed by atoms with Gasteiger partial charge in [-0.05, 0) is 113 Å². The van der Waals surface area contributed by atoms with Crippen molar-refractivity contribution in [3.8, 4) is 28.2 Å². The van der Waals surface area contributed by atoms with Crippen molar-refractivity contribution in [1.82, 2.24) is 13.7 Å². The third kappa shape index (κ3) is 4.64. The Bertz CT molecular complexity index is 3900. The number of para-hydroxylation sites is 3. The molecule has 9 aromatic carbocycles. The monoisotopic (exact) mass is 827 g/mol. The summed E-state index contributed by atoms with van der Waals surface area (Å²) in [4.78, 5) is 5.29. The number of nitrogens with zero attached hydrogens (tertiary/aromatic N) is 3. The molecule has 0 saturated heterocycles. The Morgan fingerprint density at radius 1 is 0.339 bits per heavy atom. The van der Waals surface area contributed by atoms with Crippen molar-refractivity contribution in [2.24, 2.45) is 0 Å². The third-order valence-electron chi connectivity index (χ3n) is 13.6. The van der Waals surface area contributed by atoms with Gasteiger partial charge in [-0.2, -0.15) is 0 Å². The minimum absolute atomic E-state index is 0.152. The zero-order chi connectivity index (χ0) is 40.8. The van der Waals surface area contributed by atoms with Crippen LogP contribution in [-0.2, 0) is 5.41 Å². The highest BCUT2D eigenvalue weighted by Gasteiger charge is 2.38. The molecule has 4 heterocycles. The van der Waals surface area contributed by atoms with E-state index < -0.39 is 0 Å². The van der Waals surface area contributed by atoms with Crippen LogP contribution in [0.1, 0.15) is 25.0 Å². The average Bonchev–Trinajstić information content (AvgIpc) is 4.00. The second kappa shape index (κ2) is 12.6. The van der Waals surface area contributed by atoms with Gasteiger partial charge in [0.15, 0.2) is 0 Å². The first kappa shape index (κ1) is 34.8. The molecule has 0 radical (unpaired) electrons. The number of fused-ring (bicyclic) bond motifs is 15. The van der Waals surface area contributed by atoms with Crippen molar-refractivity contribution in [3.63, 3.8) is 0 Å². The molecule has 0 atom stereocenters. The Hall–Kier alpha value is -6.92. The van der Waals surface area contributed by atoms with Crippen LogP contribution in [0.3, 0.4) is 0 Å². The molecular formula is C57H37N3S2. The second-order valence-electron chi connectivity index (χ2n) is 17.3. The molecule has 3 aromatic heterocycles. The van der Waals surface area contributed by atoms with Crippen LogP contribution in [-0.4, -0.2) is 13.7 Å². The molecule has 0 saturated carbocycles. The van der Waals surface area contributed by atoms with Crippen LogP contribution in [0, 0.1) is 0 Å². The zero-order valence-corrected chi connectivity index (χ0v) is 35.7. The molecule has 3 nitrogen and oxygen atoms in total. The van der Waals surface area contributed by atoms with Crippen molar-refractivity contribution in [3.05, 3.63) is 199 Å². The number of hydrogen-bond donors (Lipinski definition) is 0. The van der Waals surface area contributed by atoms with Gasteiger partial charge in [-0.3, -0.25) is 0 Å². The lowest BCUT2D eigenvalue weighted by molar-refractivity contribution is 0.666. The van der Waals surface area contributed by atoms with E-state index in [4.69, 9.17) is 0 Å². The van der Waals surface area contributed by atoms with E-state index in [9.17, 15) is 0 Å². The summed E-state index contributed by atoms with van der Waals surface area (Å²) in [5.74, 6) is 0. The number of rotatable bonds is 3. The molecule has 12 aromatic rings. The molecule has 1 aliphatic heterocycles. The highest BCUT2D eigenvalue weighted by atomic mass is 32.2. The summed E-state index contributed by atoms with van der Waals surface area (Å²) in [6.07, 6.45) is 0. The van der Waals surface area contributed by atoms with Gasteiger partial charge in [0.1, 0.15) is 0 Å². The normalized spacial score (nSPS) is 14.0. The SMILES string of the molecule is CC1(C)c2ccccc2-c2ccc3c(c21)c1cc2c(cc1n3-c1ccc3c(c1)c1ccccc1n3-c1ccc3c(c1)c1ccccc1n3-c1ccccc1)Sc1ccccc1S2. The highest BCUT2D eigenvalue weighted by Crippen LogP contribution is 2.56. The summed E-state index contributed by atoms with van der Waals surface area (Å²) in [6.45, 7) is 4.83. The zero-order valence-electron chi connectivity index (χ0n) is 34.1. The number of hydrogen-bond acceptors (Lipinski definition) is 2. The maximum atomic E-state index is 2.55. The van der Waals surface area contributed by atoms with Crippen molar-refractivity contribution in [2.75, 3.05) is 0 Å². The summed E-state index contributed by atoms with van der Waals surface area (Å²) in [6, 6.07) is 70.1. The Morgan fingerprint density at radius 3 is 1.53 bits per heavy atom. The Kier molecular flexibility index (Phi) is 7.05. The Morgan fingerprint density at radius 2 is 0.855 bits per heavy atom. The van der Waals surface area contributed by atoms with Gasteiger partial charge < -0.3 is 13.7 Å². The van der Waals surface area contributed by atoms with Gasteiger partial charge in [0.05, 0.1) is 33.1 Å². The minimum atomic E-state index is -0.152. The molecule has 0 unspecified atom stereocenters. The second-order valence-corrected chi connectivity index (χ2v) is 19.5. The predicted molar refractivity (Wildman–Crippen MR) is 262 cm³/mol. The van der Waals surface area contributed by atoms with E-state index in [1.54, 1.807) is 0 Å². The molecule has 1 aliphatic carbocycles. The van der Waals surface area contributed by atoms with E-state index >= 15 is 0 Å². The van der Waals surface area contributed by atoms with Crippen LogP contribution in [0.2, 0.25) is 0 Å². The van der Waals surface area contributed by atoms with E-state index in [1.807, 2.05) is 23.5 Å². The van der Waals surface area contributed by atoms with E-state index in [0.717, 1.165) is 5.69 Å². The molecule has 0 N–H and O–H groups in total. The predicted octanol–water partition coefficient (Wildman–Crippen LogP) is 15.9. The van der Waals surface area contributed by atoms with Crippen LogP contribution in [0.15, 0.2) is 208 Å². The van der Waals surface area contributed by atoms with Crippen LogP contribution >= 0.6 is 23.5 Å². The Labute approximate surface area is 366 Å². The standard InChI is InChI=1S/C57H37N3S2/c1-57(2)44-19-9-6-16-37(44)40-26-29-49-55(56(40)57)43-32-53-54(62-52-23-13-12-22-51(52)61-53)33-50(43)60(49)36-25-28-48-42(31-36)39-18-8-11-21-46(39)59(48)35-24-27-47-41(30-35)38-17-7-10-20-45(38)58(47)34-14-4-3-5-15-34/h3-33H,1-2H3. The van der Waals surface area contributed by atoms with Crippen LogP contribution in [0.4, 0.5) is 0 Å². The molecular weight excluding hydrogens is 791 g/mol. The molecule has 62 heavy (non-hydrogen) atoms. The van der Waals surface area contributed by atoms with Gasteiger partial charge in [0, 0.05) is 74.4 Å². The third-order valence-corrected chi connectivity index (χ3v) is 16.2. The summed E-state index contributed by atoms with van der Waals surface area (Å²) in [7, 11) is 0. The van der Waals surface area contributed by atoms with Crippen molar-refractivity contribution >= 4 is 88.9 Å². The summed E-state index contributed by atoms with van der Waals surface area (Å²) >= 11 is 3.80. The smallest absolute Gasteiger partial charge is 0.0553 e. The molecule has 2 aliphatic rings. The fourth-order valence-corrected chi connectivity index (χ4v) is 13.3. The van der Waals surface area contributed by atoms with Gasteiger partial charge in [0.25, 0.3) is 0 Å². The first-order valence-corrected chi connectivity index (χ1v) is 23.0. The summed E-state index contributed by atoms with van der Waals surface area (Å²) in [5, 5.41) is 7.66. The molecule has 292 valence electrons. The lowest BCUT2D eigenvalue weighted by Gasteiger charge is -2.23. The first-order valence-electron chi connectivity index (χ1n) is 21.3. The van der Waals surface area contributed by atoms with Gasteiger partial charge in [-0.25, -0.2) is 0 Å². The molecule has 14 rings (SSSR count). The van der Waals surface area contributed by atoms with Crippen LogP contribution in [0.25, 0.3) is 93.6 Å². The van der Waals surface area contributed by atoms with Gasteiger partial charge >= 0.3 is 0 Å². The van der Waals surface area contributed by atoms with Crippen molar-refractivity contribution in [1.29, 1.82) is 0 Å². The number of aromatic nitrogens is 3. The van der Waals surface area contributed by atoms with Crippen molar-refractivity contribution < 1.29 is 0 Å². The molecule has 5 heteroatoms. The van der Waals surface area contributed by atoms with E-state index in [1.165, 1.54) is 119 Å². The topological polar surface area (TPSA) is 14.8 Å². The molecule has 0 spiro atoms. The van der Waals surface area contributed by atoms with E-state index in [0.29, 0.717) is 0 Å². The quantitative estimate of drug-likeness (QED) is 0.176. The maximum Gasteiger partial charge on any atom is 0.0553 e. The summed E-state index contributed by atoms with van der Waals surface area (Å²) in [5.41, 5.74) is 16.2. The first-order chi connectivity index (χ1) is 30.5. The van der Waals surface area contributed by atoms with Crippen LogP contribution < -0.4 is 0 Å². The average molecular weight is 828 g/mol. The van der Waals surface area contributed by atoms with Gasteiger partial charge in [0.2, 0.25) is 0 Å². The fourth-order valence-electron chi connectivity index (χ4n) is 11.0. The van der Waals surface area contributed by atoms with Crippen LogP contribution in [0.5, 0.6) is 0 Å². The minimum Gasteiger partial charge on any atom is -0.309 e. The van der Waals surface area contributed by atoms with E-state index in [2.05, 4.69) is 216 Å². The van der Waals surface area contributed by atoms with E-state index in [-0.39, 0.29) is 5.41 Å². The molecule has 0 fully saturated rings. The van der Waals surface area contributed by atoms with Gasteiger partial charge in [-0.15, -0.1) is 0 Å². The lowest BCUT2D eigenvalue weighted by atomic mass is 9.80. The lowest BCUT2D eigenvalue weighted by Crippen LogP contribution is -2.15. The summed E-state index contributed by atoms with van der Waals surface area (Å²) < 4.78 is 7.40. The fraction of sp³-hybridized carbons (Fsp3) is 0.0526. The molecule has 0 bridgehead atoms.